The molecule has 1 aromatic rings. The maximum Gasteiger partial charge on any atom is 0.407 e. The molecule has 0 aliphatic carbocycles. The van der Waals surface area contributed by atoms with Crippen LogP contribution in [0.1, 0.15) is 44.7 Å². The van der Waals surface area contributed by atoms with Gasteiger partial charge in [0.25, 0.3) is 0 Å². The zero-order valence-corrected chi connectivity index (χ0v) is 14.2. The summed E-state index contributed by atoms with van der Waals surface area (Å²) in [4.78, 5) is 11.6. The minimum absolute atomic E-state index is 0.0496. The molecule has 1 amide bonds. The first-order valence-electron chi connectivity index (χ1n) is 8.24. The number of para-hydroxylation sites is 1. The molecule has 5 heteroatoms. The van der Waals surface area contributed by atoms with Crippen molar-refractivity contribution in [1.29, 1.82) is 0 Å². The Morgan fingerprint density at radius 1 is 1.43 bits per heavy atom. The third kappa shape index (κ3) is 5.43. The standard InChI is InChI=1S/C18H27NO4/c1-18(2,3)23-17(21)19-11-5-8-13-6-4-7-14-9-10-15(12-20)22-16(13)14/h4,6-7,15,20H,5,8-12H2,1-3H3,(H,19,21). The average Bonchev–Trinajstić information content (AvgIpc) is 2.49. The Morgan fingerprint density at radius 3 is 2.91 bits per heavy atom. The summed E-state index contributed by atoms with van der Waals surface area (Å²) in [5.41, 5.74) is 1.86. The largest absolute Gasteiger partial charge is 0.487 e. The van der Waals surface area contributed by atoms with E-state index in [0.29, 0.717) is 6.54 Å². The number of nitrogens with one attached hydrogen (secondary N) is 1. The lowest BCUT2D eigenvalue weighted by molar-refractivity contribution is 0.0527. The fourth-order valence-electron chi connectivity index (χ4n) is 2.64. The molecular weight excluding hydrogens is 294 g/mol. The van der Waals surface area contributed by atoms with Gasteiger partial charge < -0.3 is 19.9 Å². The van der Waals surface area contributed by atoms with Crippen LogP contribution in [0.4, 0.5) is 4.79 Å². The van der Waals surface area contributed by atoms with Crippen molar-refractivity contribution in [2.24, 2.45) is 0 Å². The highest BCUT2D eigenvalue weighted by atomic mass is 16.6. The fraction of sp³-hybridized carbons (Fsp3) is 0.611. The topological polar surface area (TPSA) is 67.8 Å². The Labute approximate surface area is 138 Å². The second-order valence-electron chi connectivity index (χ2n) is 6.90. The molecule has 5 nitrogen and oxygen atoms in total. The number of carbonyl (C=O) groups is 1. The molecule has 1 unspecified atom stereocenters. The highest BCUT2D eigenvalue weighted by molar-refractivity contribution is 5.67. The number of hydrogen-bond acceptors (Lipinski definition) is 4. The van der Waals surface area contributed by atoms with Crippen LogP contribution in [0, 0.1) is 0 Å². The van der Waals surface area contributed by atoms with Crippen LogP contribution in [0.5, 0.6) is 5.75 Å². The SMILES string of the molecule is CC(C)(C)OC(=O)NCCCc1cccc2c1OC(CO)CC2. The van der Waals surface area contributed by atoms with Gasteiger partial charge in [-0.2, -0.15) is 0 Å². The van der Waals surface area contributed by atoms with Crippen LogP contribution in [-0.2, 0) is 17.6 Å². The number of hydrogen-bond donors (Lipinski definition) is 2. The Bertz CT molecular complexity index is 536. The third-order valence-electron chi connectivity index (χ3n) is 3.69. The predicted molar refractivity (Wildman–Crippen MR) is 88.8 cm³/mol. The van der Waals surface area contributed by atoms with Crippen LogP contribution < -0.4 is 10.1 Å². The van der Waals surface area contributed by atoms with E-state index in [1.54, 1.807) is 0 Å². The minimum Gasteiger partial charge on any atom is -0.487 e. The summed E-state index contributed by atoms with van der Waals surface area (Å²) in [5, 5.41) is 12.1. The third-order valence-corrected chi connectivity index (χ3v) is 3.69. The van der Waals surface area contributed by atoms with E-state index in [1.807, 2.05) is 32.9 Å². The molecule has 1 aliphatic rings. The zero-order valence-electron chi connectivity index (χ0n) is 14.2. The first-order valence-corrected chi connectivity index (χ1v) is 8.24. The highest BCUT2D eigenvalue weighted by Gasteiger charge is 2.21. The maximum atomic E-state index is 11.6. The van der Waals surface area contributed by atoms with E-state index in [2.05, 4.69) is 11.4 Å². The van der Waals surface area contributed by atoms with Gasteiger partial charge in [-0.15, -0.1) is 0 Å². The Balaban J connectivity index is 1.84. The van der Waals surface area contributed by atoms with E-state index >= 15 is 0 Å². The maximum absolute atomic E-state index is 11.6. The number of ether oxygens (including phenoxy) is 2. The first-order chi connectivity index (χ1) is 10.9. The number of aliphatic hydroxyl groups is 1. The summed E-state index contributed by atoms with van der Waals surface area (Å²) in [7, 11) is 0. The molecule has 1 atom stereocenters. The number of alkyl carbamates (subject to hydrolysis) is 1. The van der Waals surface area contributed by atoms with Gasteiger partial charge >= 0.3 is 6.09 Å². The lowest BCUT2D eigenvalue weighted by atomic mass is 9.97. The smallest absolute Gasteiger partial charge is 0.407 e. The normalized spacial score (nSPS) is 17.1. The van der Waals surface area contributed by atoms with Gasteiger partial charge in [0.15, 0.2) is 0 Å². The Hall–Kier alpha value is -1.75. The van der Waals surface area contributed by atoms with Gasteiger partial charge in [-0.1, -0.05) is 18.2 Å². The number of rotatable bonds is 5. The number of carbonyl (C=O) groups excluding carboxylic acids is 1. The number of aryl methyl sites for hydroxylation is 2. The zero-order chi connectivity index (χ0) is 16.9. The van der Waals surface area contributed by atoms with E-state index in [0.717, 1.165) is 37.0 Å². The molecule has 1 aromatic carbocycles. The van der Waals surface area contributed by atoms with Crippen molar-refractivity contribution in [3.8, 4) is 5.75 Å². The quantitative estimate of drug-likeness (QED) is 0.818. The molecule has 0 radical (unpaired) electrons. The lowest BCUT2D eigenvalue weighted by Crippen LogP contribution is -2.33. The van der Waals surface area contributed by atoms with Crippen LogP contribution in [0.25, 0.3) is 0 Å². The number of aliphatic hydroxyl groups excluding tert-OH is 1. The van der Waals surface area contributed by atoms with Crippen molar-refractivity contribution < 1.29 is 19.4 Å². The molecule has 0 bridgehead atoms. The summed E-state index contributed by atoms with van der Waals surface area (Å²) in [5.74, 6) is 0.912. The van der Waals surface area contributed by atoms with Crippen molar-refractivity contribution in [1.82, 2.24) is 5.32 Å². The summed E-state index contributed by atoms with van der Waals surface area (Å²) in [6.07, 6.45) is 2.92. The highest BCUT2D eigenvalue weighted by Crippen LogP contribution is 2.31. The van der Waals surface area contributed by atoms with Crippen molar-refractivity contribution in [2.45, 2.75) is 58.2 Å². The second-order valence-corrected chi connectivity index (χ2v) is 6.90. The Kier molecular flexibility index (Phi) is 5.88. The summed E-state index contributed by atoms with van der Waals surface area (Å²) >= 11 is 0. The van der Waals surface area contributed by atoms with Gasteiger partial charge in [-0.3, -0.25) is 0 Å². The van der Waals surface area contributed by atoms with Crippen LogP contribution in [0.3, 0.4) is 0 Å². The Morgan fingerprint density at radius 2 is 2.22 bits per heavy atom. The van der Waals surface area contributed by atoms with Crippen molar-refractivity contribution >= 4 is 6.09 Å². The van der Waals surface area contributed by atoms with E-state index in [4.69, 9.17) is 9.47 Å². The van der Waals surface area contributed by atoms with E-state index in [1.165, 1.54) is 5.56 Å². The van der Waals surface area contributed by atoms with Crippen LogP contribution in [0.2, 0.25) is 0 Å². The van der Waals surface area contributed by atoms with Crippen molar-refractivity contribution in [3.05, 3.63) is 29.3 Å². The minimum atomic E-state index is -0.476. The van der Waals surface area contributed by atoms with Gasteiger partial charge in [0.1, 0.15) is 17.5 Å². The van der Waals surface area contributed by atoms with Crippen LogP contribution in [-0.4, -0.2) is 36.1 Å². The van der Waals surface area contributed by atoms with Gasteiger partial charge in [-0.25, -0.2) is 4.79 Å². The number of fused-ring (bicyclic) bond motifs is 1. The molecule has 1 aliphatic heterocycles. The first kappa shape index (κ1) is 17.6. The van der Waals surface area contributed by atoms with Crippen molar-refractivity contribution in [3.63, 3.8) is 0 Å². The summed E-state index contributed by atoms with van der Waals surface area (Å²) in [6, 6.07) is 6.16. The van der Waals surface area contributed by atoms with Gasteiger partial charge in [-0.05, 0) is 57.6 Å². The molecule has 0 aromatic heterocycles. The molecule has 0 saturated heterocycles. The molecule has 2 N–H and O–H groups in total. The van der Waals surface area contributed by atoms with E-state index < -0.39 is 5.60 Å². The van der Waals surface area contributed by atoms with Gasteiger partial charge in [0.05, 0.1) is 6.61 Å². The van der Waals surface area contributed by atoms with E-state index in [-0.39, 0.29) is 18.8 Å². The fourth-order valence-corrected chi connectivity index (χ4v) is 2.64. The van der Waals surface area contributed by atoms with Gasteiger partial charge in [0, 0.05) is 6.54 Å². The van der Waals surface area contributed by atoms with Crippen LogP contribution in [0.15, 0.2) is 18.2 Å². The molecule has 0 saturated carbocycles. The second kappa shape index (κ2) is 7.68. The van der Waals surface area contributed by atoms with Crippen LogP contribution >= 0.6 is 0 Å². The molecule has 0 fully saturated rings. The summed E-state index contributed by atoms with van der Waals surface area (Å²) < 4.78 is 11.1. The molecule has 128 valence electrons. The van der Waals surface area contributed by atoms with Gasteiger partial charge in [0.2, 0.25) is 0 Å². The lowest BCUT2D eigenvalue weighted by Gasteiger charge is -2.26. The molecule has 0 spiro atoms. The molecular formula is C18H27NO4. The number of amides is 1. The molecule has 23 heavy (non-hydrogen) atoms. The molecule has 1 heterocycles. The van der Waals surface area contributed by atoms with E-state index in [9.17, 15) is 9.90 Å². The monoisotopic (exact) mass is 321 g/mol. The molecule has 2 rings (SSSR count). The van der Waals surface area contributed by atoms with Crippen molar-refractivity contribution in [2.75, 3.05) is 13.2 Å². The number of benzene rings is 1. The average molecular weight is 321 g/mol. The summed E-state index contributed by atoms with van der Waals surface area (Å²) in [6.45, 7) is 6.14. The predicted octanol–water partition coefficient (Wildman–Crippen LogP) is 2.83.